The normalized spacial score (nSPS) is 21.6. The summed E-state index contributed by atoms with van der Waals surface area (Å²) in [6.45, 7) is 6.97. The van der Waals surface area contributed by atoms with Gasteiger partial charge in [0.05, 0.1) is 37.4 Å². The molecular formula is C28H36O5. The second kappa shape index (κ2) is 11.5. The van der Waals surface area contributed by atoms with Crippen LogP contribution in [-0.2, 0) is 20.9 Å². The molecule has 0 heterocycles. The number of benzene rings is 2. The van der Waals surface area contributed by atoms with Crippen molar-refractivity contribution in [3.63, 3.8) is 0 Å². The summed E-state index contributed by atoms with van der Waals surface area (Å²) in [6, 6.07) is 16.7. The van der Waals surface area contributed by atoms with Gasteiger partial charge in [0.1, 0.15) is 11.5 Å². The van der Waals surface area contributed by atoms with Crippen LogP contribution in [0.2, 0.25) is 0 Å². The molecule has 0 N–H and O–H groups in total. The lowest BCUT2D eigenvalue weighted by Gasteiger charge is -2.42. The predicted molar refractivity (Wildman–Crippen MR) is 128 cm³/mol. The van der Waals surface area contributed by atoms with Gasteiger partial charge in [-0.3, -0.25) is 4.79 Å². The number of rotatable bonds is 10. The zero-order valence-corrected chi connectivity index (χ0v) is 20.2. The number of carbonyl (C=O) groups is 2. The highest BCUT2D eigenvalue weighted by molar-refractivity contribution is 5.89. The Bertz CT molecular complexity index is 906. The number of esters is 1. The van der Waals surface area contributed by atoms with Crippen molar-refractivity contribution < 1.29 is 23.8 Å². The first-order valence-corrected chi connectivity index (χ1v) is 11.8. The van der Waals surface area contributed by atoms with Gasteiger partial charge in [-0.2, -0.15) is 0 Å². The molecule has 33 heavy (non-hydrogen) atoms. The zero-order chi connectivity index (χ0) is 23.8. The first kappa shape index (κ1) is 25.0. The average Bonchev–Trinajstić information content (AvgIpc) is 2.83. The SMILES string of the molecule is COc1ccc(CO[C@@H](CCOC(=O)c2ccccc2)[C@@]2(C)CC[C@@H](C(C)C)CC2=O)cc1. The zero-order valence-electron chi connectivity index (χ0n) is 20.2. The third-order valence-electron chi connectivity index (χ3n) is 7.01. The fourth-order valence-electron chi connectivity index (χ4n) is 4.53. The summed E-state index contributed by atoms with van der Waals surface area (Å²) in [7, 11) is 1.64. The average molecular weight is 453 g/mol. The van der Waals surface area contributed by atoms with E-state index < -0.39 is 5.41 Å². The lowest BCUT2D eigenvalue weighted by Crippen LogP contribution is -2.46. The van der Waals surface area contributed by atoms with Crippen molar-refractivity contribution in [2.45, 2.75) is 59.2 Å². The summed E-state index contributed by atoms with van der Waals surface area (Å²) in [5.74, 6) is 1.59. The molecule has 1 fully saturated rings. The minimum Gasteiger partial charge on any atom is -0.497 e. The minimum absolute atomic E-state index is 0.206. The van der Waals surface area contributed by atoms with Gasteiger partial charge in [0.25, 0.3) is 0 Å². The number of hydrogen-bond donors (Lipinski definition) is 0. The molecule has 1 aliphatic carbocycles. The minimum atomic E-state index is -0.586. The van der Waals surface area contributed by atoms with Crippen molar-refractivity contribution in [2.24, 2.45) is 17.3 Å². The van der Waals surface area contributed by atoms with Gasteiger partial charge < -0.3 is 14.2 Å². The van der Waals surface area contributed by atoms with Gasteiger partial charge in [0.2, 0.25) is 0 Å². The lowest BCUT2D eigenvalue weighted by molar-refractivity contribution is -0.147. The molecular weight excluding hydrogens is 416 g/mol. The number of carbonyl (C=O) groups excluding carboxylic acids is 2. The van der Waals surface area contributed by atoms with Gasteiger partial charge in [-0.15, -0.1) is 0 Å². The van der Waals surface area contributed by atoms with Crippen molar-refractivity contribution >= 4 is 11.8 Å². The molecule has 2 aromatic carbocycles. The van der Waals surface area contributed by atoms with E-state index in [2.05, 4.69) is 13.8 Å². The Kier molecular flexibility index (Phi) is 8.67. The molecule has 0 aromatic heterocycles. The Hall–Kier alpha value is -2.66. The van der Waals surface area contributed by atoms with E-state index in [1.54, 1.807) is 19.2 Å². The van der Waals surface area contributed by atoms with Crippen molar-refractivity contribution in [3.8, 4) is 5.75 Å². The van der Waals surface area contributed by atoms with Crippen molar-refractivity contribution in [3.05, 3.63) is 65.7 Å². The molecule has 0 radical (unpaired) electrons. The molecule has 2 aromatic rings. The summed E-state index contributed by atoms with van der Waals surface area (Å²) in [5.41, 5.74) is 0.943. The molecule has 3 atom stereocenters. The van der Waals surface area contributed by atoms with E-state index in [1.165, 1.54) is 0 Å². The maximum absolute atomic E-state index is 13.3. The highest BCUT2D eigenvalue weighted by atomic mass is 16.5. The van der Waals surface area contributed by atoms with Crippen LogP contribution in [0, 0.1) is 17.3 Å². The van der Waals surface area contributed by atoms with Gasteiger partial charge in [-0.25, -0.2) is 4.79 Å². The van der Waals surface area contributed by atoms with Crippen LogP contribution in [0.1, 0.15) is 62.4 Å². The monoisotopic (exact) mass is 452 g/mol. The third-order valence-corrected chi connectivity index (χ3v) is 7.01. The van der Waals surface area contributed by atoms with E-state index >= 15 is 0 Å². The number of ether oxygens (including phenoxy) is 3. The van der Waals surface area contributed by atoms with Crippen LogP contribution in [0.15, 0.2) is 54.6 Å². The molecule has 1 saturated carbocycles. The summed E-state index contributed by atoms with van der Waals surface area (Å²) in [5, 5.41) is 0. The van der Waals surface area contributed by atoms with E-state index in [4.69, 9.17) is 14.2 Å². The molecule has 0 bridgehead atoms. The Labute approximate surface area is 197 Å². The second-order valence-corrected chi connectivity index (χ2v) is 9.53. The molecule has 3 rings (SSSR count). The van der Waals surface area contributed by atoms with Crippen molar-refractivity contribution in [2.75, 3.05) is 13.7 Å². The Morgan fingerprint density at radius 2 is 1.79 bits per heavy atom. The Balaban J connectivity index is 1.68. The second-order valence-electron chi connectivity index (χ2n) is 9.53. The van der Waals surface area contributed by atoms with Crippen LogP contribution in [-0.4, -0.2) is 31.6 Å². The summed E-state index contributed by atoms with van der Waals surface area (Å²) < 4.78 is 17.1. The van der Waals surface area contributed by atoms with Gasteiger partial charge in [-0.05, 0) is 54.5 Å². The Morgan fingerprint density at radius 3 is 2.39 bits per heavy atom. The quantitative estimate of drug-likeness (QED) is 0.423. The number of ketones is 1. The molecule has 0 unspecified atom stereocenters. The predicted octanol–water partition coefficient (Wildman–Crippen LogP) is 5.86. The fraction of sp³-hybridized carbons (Fsp3) is 0.500. The molecule has 5 nitrogen and oxygen atoms in total. The van der Waals surface area contributed by atoms with Gasteiger partial charge in [0.15, 0.2) is 0 Å². The molecule has 0 spiro atoms. The van der Waals surface area contributed by atoms with Crippen molar-refractivity contribution in [1.82, 2.24) is 0 Å². The summed E-state index contributed by atoms with van der Waals surface area (Å²) in [6.07, 6.45) is 2.52. The number of hydrogen-bond acceptors (Lipinski definition) is 5. The standard InChI is InChI=1S/C28H36O5/c1-20(2)23-14-16-28(3,25(29)18-23)26(33-19-21-10-12-24(31-4)13-11-21)15-17-32-27(30)22-8-6-5-7-9-22/h5-13,20,23,26H,14-19H2,1-4H3/t23-,26+,28+/m1/s1. The first-order valence-electron chi connectivity index (χ1n) is 11.8. The van der Waals surface area contributed by atoms with Gasteiger partial charge in [0, 0.05) is 12.8 Å². The maximum atomic E-state index is 13.3. The largest absolute Gasteiger partial charge is 0.497 e. The summed E-state index contributed by atoms with van der Waals surface area (Å²) >= 11 is 0. The lowest BCUT2D eigenvalue weighted by atomic mass is 9.65. The molecule has 5 heteroatoms. The molecule has 1 aliphatic rings. The van der Waals surface area contributed by atoms with E-state index in [9.17, 15) is 9.59 Å². The number of Topliss-reactive ketones (excluding diaryl/α,β-unsaturated/α-hetero) is 1. The van der Waals surface area contributed by atoms with E-state index in [0.717, 1.165) is 24.2 Å². The number of methoxy groups -OCH3 is 1. The van der Waals surface area contributed by atoms with Crippen LogP contribution in [0.4, 0.5) is 0 Å². The third kappa shape index (κ3) is 6.44. The van der Waals surface area contributed by atoms with Crippen LogP contribution < -0.4 is 4.74 Å². The van der Waals surface area contributed by atoms with Crippen molar-refractivity contribution in [1.29, 1.82) is 0 Å². The Morgan fingerprint density at radius 1 is 1.09 bits per heavy atom. The van der Waals surface area contributed by atoms with Crippen LogP contribution in [0.3, 0.4) is 0 Å². The smallest absolute Gasteiger partial charge is 0.338 e. The van der Waals surface area contributed by atoms with E-state index in [1.807, 2.05) is 49.4 Å². The molecule has 0 aliphatic heterocycles. The van der Waals surface area contributed by atoms with Gasteiger partial charge in [-0.1, -0.05) is 51.1 Å². The highest BCUT2D eigenvalue weighted by Crippen LogP contribution is 2.43. The fourth-order valence-corrected chi connectivity index (χ4v) is 4.53. The first-order chi connectivity index (χ1) is 15.8. The molecule has 0 saturated heterocycles. The van der Waals surface area contributed by atoms with Crippen LogP contribution in [0.5, 0.6) is 5.75 Å². The van der Waals surface area contributed by atoms with Crippen LogP contribution >= 0.6 is 0 Å². The molecule has 178 valence electrons. The summed E-state index contributed by atoms with van der Waals surface area (Å²) in [4.78, 5) is 25.6. The highest BCUT2D eigenvalue weighted by Gasteiger charge is 2.45. The topological polar surface area (TPSA) is 61.8 Å². The van der Waals surface area contributed by atoms with Crippen LogP contribution in [0.25, 0.3) is 0 Å². The van der Waals surface area contributed by atoms with Gasteiger partial charge >= 0.3 is 5.97 Å². The molecule has 0 amide bonds. The van der Waals surface area contributed by atoms with E-state index in [-0.39, 0.29) is 24.5 Å². The maximum Gasteiger partial charge on any atom is 0.338 e. The van der Waals surface area contributed by atoms with E-state index in [0.29, 0.717) is 36.8 Å².